The van der Waals surface area contributed by atoms with Gasteiger partial charge >= 0.3 is 0 Å². The van der Waals surface area contributed by atoms with Gasteiger partial charge in [0.25, 0.3) is 0 Å². The molecule has 4 heteroatoms. The van der Waals surface area contributed by atoms with Gasteiger partial charge in [0.2, 0.25) is 5.91 Å². The number of amides is 1. The summed E-state index contributed by atoms with van der Waals surface area (Å²) in [5.41, 5.74) is 1.61. The first-order valence-electron chi connectivity index (χ1n) is 8.87. The van der Waals surface area contributed by atoms with Gasteiger partial charge in [-0.25, -0.2) is 0 Å². The molecule has 0 saturated carbocycles. The molecular weight excluding hydrogens is 338 g/mol. The molecule has 0 aliphatic carbocycles. The Hall–Kier alpha value is -3.40. The molecule has 0 aliphatic rings. The molecule has 4 nitrogen and oxygen atoms in total. The van der Waals surface area contributed by atoms with Crippen molar-refractivity contribution in [1.82, 2.24) is 0 Å². The van der Waals surface area contributed by atoms with Crippen LogP contribution in [0.2, 0.25) is 0 Å². The van der Waals surface area contributed by atoms with E-state index in [2.05, 4.69) is 5.32 Å². The molecule has 1 N–H and O–H groups in total. The Kier molecular flexibility index (Phi) is 6.36. The zero-order valence-corrected chi connectivity index (χ0v) is 14.9. The lowest BCUT2D eigenvalue weighted by Crippen LogP contribution is -2.14. The Morgan fingerprint density at radius 2 is 1.41 bits per heavy atom. The van der Waals surface area contributed by atoms with Crippen LogP contribution in [0, 0.1) is 0 Å². The maximum absolute atomic E-state index is 12.2. The molecule has 136 valence electrons. The summed E-state index contributed by atoms with van der Waals surface area (Å²) in [6.45, 7) is 0. The number of nitrogens with one attached hydrogen (secondary N) is 1. The Morgan fingerprint density at radius 3 is 2.15 bits per heavy atom. The highest BCUT2D eigenvalue weighted by Gasteiger charge is 2.09. The monoisotopic (exact) mass is 359 g/mol. The summed E-state index contributed by atoms with van der Waals surface area (Å²) in [6, 6.07) is 26.2. The van der Waals surface area contributed by atoms with Crippen LogP contribution in [0.25, 0.3) is 0 Å². The molecule has 0 spiro atoms. The zero-order valence-electron chi connectivity index (χ0n) is 14.9. The van der Waals surface area contributed by atoms with Gasteiger partial charge in [-0.3, -0.25) is 9.59 Å². The summed E-state index contributed by atoms with van der Waals surface area (Å²) in [4.78, 5) is 24.2. The summed E-state index contributed by atoms with van der Waals surface area (Å²) in [6.07, 6.45) is 0.668. The Bertz CT molecular complexity index is 892. The standard InChI is InChI=1S/C23H21NO3/c25-20(14-15-23(26)24-19-9-3-1-4-10-19)16-18-8-7-13-22(17-18)27-21-11-5-2-6-12-21/h1-13,17H,14-16H2,(H,24,26). The van der Waals surface area contributed by atoms with Crippen molar-refractivity contribution in [2.45, 2.75) is 19.3 Å². The normalized spacial score (nSPS) is 10.2. The third-order valence-electron chi connectivity index (χ3n) is 3.97. The van der Waals surface area contributed by atoms with Crippen LogP contribution >= 0.6 is 0 Å². The highest BCUT2D eigenvalue weighted by molar-refractivity contribution is 5.93. The van der Waals surface area contributed by atoms with E-state index in [9.17, 15) is 9.59 Å². The molecular formula is C23H21NO3. The van der Waals surface area contributed by atoms with Crippen molar-refractivity contribution in [1.29, 1.82) is 0 Å². The summed E-state index contributed by atoms with van der Waals surface area (Å²) >= 11 is 0. The molecule has 0 fully saturated rings. The van der Waals surface area contributed by atoms with Gasteiger partial charge in [0.15, 0.2) is 0 Å². The maximum atomic E-state index is 12.2. The second-order valence-electron chi connectivity index (χ2n) is 6.19. The van der Waals surface area contributed by atoms with Crippen molar-refractivity contribution in [3.05, 3.63) is 90.5 Å². The molecule has 3 rings (SSSR count). The lowest BCUT2D eigenvalue weighted by Gasteiger charge is -2.08. The minimum atomic E-state index is -0.157. The summed E-state index contributed by atoms with van der Waals surface area (Å²) in [7, 11) is 0. The maximum Gasteiger partial charge on any atom is 0.224 e. The van der Waals surface area contributed by atoms with E-state index in [1.165, 1.54) is 0 Å². The molecule has 27 heavy (non-hydrogen) atoms. The largest absolute Gasteiger partial charge is 0.457 e. The average Bonchev–Trinajstić information content (AvgIpc) is 2.68. The highest BCUT2D eigenvalue weighted by atomic mass is 16.5. The zero-order chi connectivity index (χ0) is 18.9. The number of ether oxygens (including phenoxy) is 1. The fourth-order valence-corrected chi connectivity index (χ4v) is 2.66. The van der Waals surface area contributed by atoms with E-state index in [0.717, 1.165) is 17.0 Å². The fourth-order valence-electron chi connectivity index (χ4n) is 2.66. The molecule has 0 saturated heterocycles. The van der Waals surface area contributed by atoms with Crippen LogP contribution in [-0.4, -0.2) is 11.7 Å². The molecule has 3 aromatic carbocycles. The van der Waals surface area contributed by atoms with Crippen molar-refractivity contribution in [2.24, 2.45) is 0 Å². The van der Waals surface area contributed by atoms with Crippen molar-refractivity contribution in [3.8, 4) is 11.5 Å². The lowest BCUT2D eigenvalue weighted by molar-refractivity contribution is -0.122. The Balaban J connectivity index is 1.49. The molecule has 0 unspecified atom stereocenters. The van der Waals surface area contributed by atoms with Gasteiger partial charge in [-0.1, -0.05) is 48.5 Å². The van der Waals surface area contributed by atoms with Gasteiger partial charge in [-0.2, -0.15) is 0 Å². The van der Waals surface area contributed by atoms with Crippen molar-refractivity contribution >= 4 is 17.4 Å². The summed E-state index contributed by atoms with van der Waals surface area (Å²) in [5.74, 6) is 1.30. The van der Waals surface area contributed by atoms with Crippen LogP contribution < -0.4 is 10.1 Å². The molecule has 0 aromatic heterocycles. The van der Waals surface area contributed by atoms with Crippen LogP contribution in [0.5, 0.6) is 11.5 Å². The fraction of sp³-hybridized carbons (Fsp3) is 0.130. The summed E-state index contributed by atoms with van der Waals surface area (Å²) < 4.78 is 5.79. The number of hydrogen-bond donors (Lipinski definition) is 1. The van der Waals surface area contributed by atoms with Crippen LogP contribution in [0.4, 0.5) is 5.69 Å². The lowest BCUT2D eigenvalue weighted by atomic mass is 10.1. The van der Waals surface area contributed by atoms with Gasteiger partial charge in [0, 0.05) is 24.9 Å². The van der Waals surface area contributed by atoms with E-state index in [4.69, 9.17) is 4.74 Å². The number of hydrogen-bond acceptors (Lipinski definition) is 3. The number of carbonyl (C=O) groups excluding carboxylic acids is 2. The number of Topliss-reactive ketones (excluding diaryl/α,β-unsaturated/α-hetero) is 1. The van der Waals surface area contributed by atoms with E-state index >= 15 is 0 Å². The number of para-hydroxylation sites is 2. The van der Waals surface area contributed by atoms with Gasteiger partial charge in [0.05, 0.1) is 0 Å². The molecule has 0 aliphatic heterocycles. The van der Waals surface area contributed by atoms with Gasteiger partial charge in [0.1, 0.15) is 17.3 Å². The summed E-state index contributed by atoms with van der Waals surface area (Å²) in [5, 5.41) is 2.79. The van der Waals surface area contributed by atoms with E-state index < -0.39 is 0 Å². The number of anilines is 1. The van der Waals surface area contributed by atoms with Crippen molar-refractivity contribution in [2.75, 3.05) is 5.32 Å². The van der Waals surface area contributed by atoms with Gasteiger partial charge in [-0.15, -0.1) is 0 Å². The number of carbonyl (C=O) groups is 2. The van der Waals surface area contributed by atoms with Crippen molar-refractivity contribution in [3.63, 3.8) is 0 Å². The van der Waals surface area contributed by atoms with E-state index in [-0.39, 0.29) is 31.0 Å². The predicted molar refractivity (Wildman–Crippen MR) is 106 cm³/mol. The number of ketones is 1. The van der Waals surface area contributed by atoms with E-state index in [0.29, 0.717) is 5.75 Å². The minimum Gasteiger partial charge on any atom is -0.457 e. The van der Waals surface area contributed by atoms with Crippen LogP contribution in [0.3, 0.4) is 0 Å². The predicted octanol–water partition coefficient (Wildman–Crippen LogP) is 5.01. The quantitative estimate of drug-likeness (QED) is 0.615. The number of benzene rings is 3. The third-order valence-corrected chi connectivity index (χ3v) is 3.97. The second kappa shape index (κ2) is 9.34. The van der Waals surface area contributed by atoms with Crippen LogP contribution in [0.15, 0.2) is 84.9 Å². The molecule has 3 aromatic rings. The first-order chi connectivity index (χ1) is 13.2. The molecule has 0 atom stereocenters. The molecule has 0 radical (unpaired) electrons. The van der Waals surface area contributed by atoms with Gasteiger partial charge in [-0.05, 0) is 42.0 Å². The van der Waals surface area contributed by atoms with Crippen LogP contribution in [-0.2, 0) is 16.0 Å². The third kappa shape index (κ3) is 6.12. The van der Waals surface area contributed by atoms with E-state index in [1.807, 2.05) is 84.9 Å². The molecule has 0 heterocycles. The second-order valence-corrected chi connectivity index (χ2v) is 6.19. The minimum absolute atomic E-state index is 0.0232. The molecule has 1 amide bonds. The first kappa shape index (κ1) is 18.4. The highest BCUT2D eigenvalue weighted by Crippen LogP contribution is 2.22. The smallest absolute Gasteiger partial charge is 0.224 e. The Labute approximate surface area is 158 Å². The average molecular weight is 359 g/mol. The Morgan fingerprint density at radius 1 is 0.741 bits per heavy atom. The molecule has 0 bridgehead atoms. The topological polar surface area (TPSA) is 55.4 Å². The number of rotatable bonds is 8. The van der Waals surface area contributed by atoms with Crippen LogP contribution in [0.1, 0.15) is 18.4 Å². The SMILES string of the molecule is O=C(CCC(=O)Nc1ccccc1)Cc1cccc(Oc2ccccc2)c1. The van der Waals surface area contributed by atoms with Crippen molar-refractivity contribution < 1.29 is 14.3 Å². The first-order valence-corrected chi connectivity index (χ1v) is 8.87. The van der Waals surface area contributed by atoms with E-state index in [1.54, 1.807) is 0 Å². The van der Waals surface area contributed by atoms with Gasteiger partial charge < -0.3 is 10.1 Å².